The highest BCUT2D eigenvalue weighted by atomic mass is 16.6. The molecule has 0 atom stereocenters. The lowest BCUT2D eigenvalue weighted by atomic mass is 9.71. The molecule has 0 bridgehead atoms. The molecule has 1 aliphatic heterocycles. The fourth-order valence-corrected chi connectivity index (χ4v) is 4.01. The molecule has 1 amide bonds. The van der Waals surface area contributed by atoms with Gasteiger partial charge in [0.15, 0.2) is 0 Å². The summed E-state index contributed by atoms with van der Waals surface area (Å²) in [6.45, 7) is 14.5. The van der Waals surface area contributed by atoms with Crippen LogP contribution in [-0.4, -0.2) is 41.8 Å². The molecular weight excluding hydrogens is 300 g/mol. The number of carbonyl (C=O) groups is 1. The summed E-state index contributed by atoms with van der Waals surface area (Å²) in [5.74, 6) is 0.865. The largest absolute Gasteiger partial charge is 0.444 e. The minimum absolute atomic E-state index is 0.161. The average molecular weight is 339 g/mol. The molecule has 0 spiro atoms. The minimum atomic E-state index is -0.405. The van der Waals surface area contributed by atoms with Gasteiger partial charge >= 0.3 is 6.09 Å². The van der Waals surface area contributed by atoms with Crippen molar-refractivity contribution in [3.05, 3.63) is 0 Å². The molecule has 0 aromatic rings. The van der Waals surface area contributed by atoms with Gasteiger partial charge in [-0.1, -0.05) is 20.8 Å². The molecule has 0 radical (unpaired) electrons. The second-order valence-corrected chi connectivity index (χ2v) is 9.82. The molecule has 24 heavy (non-hydrogen) atoms. The van der Waals surface area contributed by atoms with Crippen molar-refractivity contribution >= 4 is 6.09 Å². The summed E-state index contributed by atoms with van der Waals surface area (Å²) in [6, 6.07) is 1.22. The van der Waals surface area contributed by atoms with Gasteiger partial charge in [0.2, 0.25) is 0 Å². The first-order chi connectivity index (χ1) is 11.0. The van der Waals surface area contributed by atoms with Crippen molar-refractivity contribution in [2.45, 2.75) is 97.8 Å². The van der Waals surface area contributed by atoms with Crippen LogP contribution in [0.3, 0.4) is 0 Å². The Labute approximate surface area is 148 Å². The smallest absolute Gasteiger partial charge is 0.410 e. The maximum Gasteiger partial charge on any atom is 0.410 e. The third-order valence-electron chi connectivity index (χ3n) is 5.57. The first-order valence-electron chi connectivity index (χ1n) is 9.78. The lowest BCUT2D eigenvalue weighted by Crippen LogP contribution is -2.49. The van der Waals surface area contributed by atoms with Crippen LogP contribution in [0.1, 0.15) is 80.1 Å². The first-order valence-corrected chi connectivity index (χ1v) is 9.78. The number of nitrogens with zero attached hydrogens (tertiary/aromatic N) is 1. The van der Waals surface area contributed by atoms with Gasteiger partial charge in [0.05, 0.1) is 0 Å². The molecule has 0 aromatic carbocycles. The number of amides is 1. The number of rotatable bonds is 2. The van der Waals surface area contributed by atoms with E-state index in [0.717, 1.165) is 31.8 Å². The van der Waals surface area contributed by atoms with Crippen LogP contribution in [0.15, 0.2) is 0 Å². The zero-order chi connectivity index (χ0) is 18.0. The maximum atomic E-state index is 12.1. The Kier molecular flexibility index (Phi) is 6.22. The summed E-state index contributed by atoms with van der Waals surface area (Å²) < 4.78 is 5.47. The third kappa shape index (κ3) is 5.94. The van der Waals surface area contributed by atoms with Crippen molar-refractivity contribution in [2.24, 2.45) is 11.3 Å². The standard InChI is InChI=1S/C20H38N2O2/c1-19(2,3)15-7-9-16(10-8-15)21-17-11-13-22(14-12-17)18(23)24-20(4,5)6/h15-17,21H,7-14H2,1-6H3. The summed E-state index contributed by atoms with van der Waals surface area (Å²) in [6.07, 6.45) is 7.21. The lowest BCUT2D eigenvalue weighted by molar-refractivity contribution is 0.0193. The van der Waals surface area contributed by atoms with Crippen LogP contribution in [0.5, 0.6) is 0 Å². The number of hydrogen-bond donors (Lipinski definition) is 1. The predicted octanol–water partition coefficient (Wildman–Crippen LogP) is 4.58. The van der Waals surface area contributed by atoms with E-state index in [-0.39, 0.29) is 6.09 Å². The zero-order valence-electron chi connectivity index (χ0n) is 16.7. The highest BCUT2D eigenvalue weighted by molar-refractivity contribution is 5.68. The molecule has 4 heteroatoms. The van der Waals surface area contributed by atoms with E-state index in [1.807, 2.05) is 25.7 Å². The van der Waals surface area contributed by atoms with Crippen LogP contribution in [-0.2, 0) is 4.74 Å². The van der Waals surface area contributed by atoms with E-state index in [9.17, 15) is 4.79 Å². The van der Waals surface area contributed by atoms with E-state index in [2.05, 4.69) is 26.1 Å². The number of likely N-dealkylation sites (tertiary alicyclic amines) is 1. The molecule has 1 aliphatic carbocycles. The summed E-state index contributed by atoms with van der Waals surface area (Å²) >= 11 is 0. The van der Waals surface area contributed by atoms with Crippen molar-refractivity contribution in [1.29, 1.82) is 0 Å². The van der Waals surface area contributed by atoms with Crippen LogP contribution in [0.2, 0.25) is 0 Å². The van der Waals surface area contributed by atoms with E-state index >= 15 is 0 Å². The number of hydrogen-bond acceptors (Lipinski definition) is 3. The van der Waals surface area contributed by atoms with Crippen molar-refractivity contribution in [2.75, 3.05) is 13.1 Å². The number of ether oxygens (including phenoxy) is 1. The molecule has 1 saturated carbocycles. The Morgan fingerprint density at radius 3 is 1.83 bits per heavy atom. The van der Waals surface area contributed by atoms with E-state index in [1.165, 1.54) is 25.7 Å². The predicted molar refractivity (Wildman–Crippen MR) is 99.2 cm³/mol. The SMILES string of the molecule is CC(C)(C)OC(=O)N1CCC(NC2CCC(C(C)(C)C)CC2)CC1. The van der Waals surface area contributed by atoms with Gasteiger partial charge in [-0.05, 0) is 70.6 Å². The van der Waals surface area contributed by atoms with E-state index in [0.29, 0.717) is 17.5 Å². The minimum Gasteiger partial charge on any atom is -0.444 e. The molecule has 140 valence electrons. The van der Waals surface area contributed by atoms with Gasteiger partial charge in [-0.25, -0.2) is 4.79 Å². The Hall–Kier alpha value is -0.770. The van der Waals surface area contributed by atoms with E-state index in [4.69, 9.17) is 4.74 Å². The molecule has 1 saturated heterocycles. The lowest BCUT2D eigenvalue weighted by Gasteiger charge is -2.40. The molecule has 1 heterocycles. The van der Waals surface area contributed by atoms with Crippen LogP contribution in [0.25, 0.3) is 0 Å². The van der Waals surface area contributed by atoms with Crippen LogP contribution in [0.4, 0.5) is 4.79 Å². The maximum absolute atomic E-state index is 12.1. The Morgan fingerprint density at radius 2 is 1.38 bits per heavy atom. The normalized spacial score (nSPS) is 27.2. The topological polar surface area (TPSA) is 41.6 Å². The monoisotopic (exact) mass is 338 g/mol. The van der Waals surface area contributed by atoms with Crippen LogP contribution in [0, 0.1) is 11.3 Å². The number of piperidine rings is 1. The number of carbonyl (C=O) groups excluding carboxylic acids is 1. The number of nitrogens with one attached hydrogen (secondary N) is 1. The quantitative estimate of drug-likeness (QED) is 0.801. The van der Waals surface area contributed by atoms with Gasteiger partial charge in [-0.3, -0.25) is 0 Å². The molecule has 0 aromatic heterocycles. The summed E-state index contributed by atoms with van der Waals surface area (Å²) in [5.41, 5.74) is 0.0433. The molecule has 1 N–H and O–H groups in total. The van der Waals surface area contributed by atoms with Crippen molar-refractivity contribution in [3.8, 4) is 0 Å². The molecule has 0 unspecified atom stereocenters. The summed E-state index contributed by atoms with van der Waals surface area (Å²) in [4.78, 5) is 14.0. The van der Waals surface area contributed by atoms with E-state index in [1.54, 1.807) is 0 Å². The highest BCUT2D eigenvalue weighted by Crippen LogP contribution is 2.38. The van der Waals surface area contributed by atoms with Gasteiger partial charge in [0.25, 0.3) is 0 Å². The second kappa shape index (κ2) is 7.63. The van der Waals surface area contributed by atoms with Crippen LogP contribution < -0.4 is 5.32 Å². The van der Waals surface area contributed by atoms with Gasteiger partial charge in [0, 0.05) is 25.2 Å². The van der Waals surface area contributed by atoms with Crippen LogP contribution >= 0.6 is 0 Å². The fraction of sp³-hybridized carbons (Fsp3) is 0.950. The fourth-order valence-electron chi connectivity index (χ4n) is 4.01. The van der Waals surface area contributed by atoms with Gasteiger partial charge in [-0.15, -0.1) is 0 Å². The van der Waals surface area contributed by atoms with Gasteiger partial charge in [-0.2, -0.15) is 0 Å². The van der Waals surface area contributed by atoms with Gasteiger partial charge in [0.1, 0.15) is 5.60 Å². The Bertz CT molecular complexity index is 406. The van der Waals surface area contributed by atoms with Crippen molar-refractivity contribution < 1.29 is 9.53 Å². The second-order valence-electron chi connectivity index (χ2n) is 9.82. The Morgan fingerprint density at radius 1 is 0.875 bits per heavy atom. The Balaban J connectivity index is 1.70. The van der Waals surface area contributed by atoms with Gasteiger partial charge < -0.3 is 15.0 Å². The molecule has 4 nitrogen and oxygen atoms in total. The molecular formula is C20H38N2O2. The molecule has 2 rings (SSSR count). The third-order valence-corrected chi connectivity index (χ3v) is 5.57. The van der Waals surface area contributed by atoms with Crippen molar-refractivity contribution in [3.63, 3.8) is 0 Å². The summed E-state index contributed by atoms with van der Waals surface area (Å²) in [7, 11) is 0. The average Bonchev–Trinajstić information content (AvgIpc) is 2.46. The molecule has 2 aliphatic rings. The van der Waals surface area contributed by atoms with E-state index < -0.39 is 5.60 Å². The first kappa shape index (κ1) is 19.6. The van der Waals surface area contributed by atoms with Crippen molar-refractivity contribution in [1.82, 2.24) is 10.2 Å². The summed E-state index contributed by atoms with van der Waals surface area (Å²) in [5, 5.41) is 3.86. The highest BCUT2D eigenvalue weighted by Gasteiger charge is 2.32. The molecule has 2 fully saturated rings. The zero-order valence-corrected chi connectivity index (χ0v) is 16.7.